The van der Waals surface area contributed by atoms with Crippen LogP contribution in [0.1, 0.15) is 31.9 Å². The van der Waals surface area contributed by atoms with Crippen molar-refractivity contribution in [1.82, 2.24) is 4.98 Å². The van der Waals surface area contributed by atoms with Gasteiger partial charge in [0.05, 0.1) is 28.5 Å². The van der Waals surface area contributed by atoms with E-state index in [9.17, 15) is 10.1 Å². The van der Waals surface area contributed by atoms with Gasteiger partial charge < -0.3 is 9.16 Å². The number of pyridine rings is 1. The number of rotatable bonds is 4. The molecule has 0 saturated heterocycles. The van der Waals surface area contributed by atoms with Crippen molar-refractivity contribution in [1.29, 1.82) is 0 Å². The molecule has 0 aliphatic carbocycles. The smallest absolute Gasteiger partial charge is 0.293 e. The molecule has 0 fully saturated rings. The van der Waals surface area contributed by atoms with Crippen LogP contribution in [0.4, 0.5) is 5.69 Å². The molecule has 120 valence electrons. The molecule has 2 atom stereocenters. The van der Waals surface area contributed by atoms with Gasteiger partial charge in [-0.1, -0.05) is 0 Å². The summed E-state index contributed by atoms with van der Waals surface area (Å²) in [6.45, 7) is 10.3. The Morgan fingerprint density at radius 2 is 2.14 bits per heavy atom. The predicted molar refractivity (Wildman–Crippen MR) is 85.9 cm³/mol. The molecule has 0 bridgehead atoms. The maximum absolute atomic E-state index is 11.2. The van der Waals surface area contributed by atoms with Gasteiger partial charge in [0.15, 0.2) is 0 Å². The van der Waals surface area contributed by atoms with Crippen molar-refractivity contribution in [2.75, 3.05) is 0 Å². The second-order valence-corrected chi connectivity index (χ2v) is 10.9. The number of nitrogens with zero attached hydrogens (tertiary/aromatic N) is 2. The largest absolute Gasteiger partial charge is 0.547 e. The fraction of sp³-hybridized carbons (Fsp3) is 0.533. The summed E-state index contributed by atoms with van der Waals surface area (Å²) in [6.07, 6.45) is 2.84. The fourth-order valence-corrected chi connectivity index (χ4v) is 3.43. The van der Waals surface area contributed by atoms with Crippen molar-refractivity contribution < 1.29 is 14.1 Å². The zero-order valence-corrected chi connectivity index (χ0v) is 14.6. The van der Waals surface area contributed by atoms with E-state index in [2.05, 4.69) is 24.6 Å². The molecule has 22 heavy (non-hydrogen) atoms. The summed E-state index contributed by atoms with van der Waals surface area (Å²) in [5, 5.41) is 11.2. The van der Waals surface area contributed by atoms with Gasteiger partial charge in [0.1, 0.15) is 6.20 Å². The van der Waals surface area contributed by atoms with Crippen LogP contribution >= 0.6 is 0 Å². The Kier molecular flexibility index (Phi) is 4.67. The molecule has 1 aromatic rings. The zero-order chi connectivity index (χ0) is 16.5. The van der Waals surface area contributed by atoms with Gasteiger partial charge in [-0.25, -0.2) is 0 Å². The molecule has 2 unspecified atom stereocenters. The van der Waals surface area contributed by atoms with Crippen LogP contribution in [0.2, 0.25) is 19.6 Å². The summed E-state index contributed by atoms with van der Waals surface area (Å²) in [6, 6.07) is 1.66. The molecular formula is C15H22N2O4Si. The Bertz CT molecular complexity index is 610. The SMILES string of the molecule is CC1=C(O[Si](C)(C)C)CC(c2ccncc2[N+](=O)[O-])OC1C. The highest BCUT2D eigenvalue weighted by Crippen LogP contribution is 2.39. The van der Waals surface area contributed by atoms with Gasteiger partial charge in [-0.3, -0.25) is 15.1 Å². The van der Waals surface area contributed by atoms with E-state index >= 15 is 0 Å². The highest BCUT2D eigenvalue weighted by atomic mass is 28.4. The maximum atomic E-state index is 11.2. The highest BCUT2D eigenvalue weighted by molar-refractivity contribution is 6.70. The highest BCUT2D eigenvalue weighted by Gasteiger charge is 2.33. The molecule has 1 aliphatic heterocycles. The summed E-state index contributed by atoms with van der Waals surface area (Å²) in [5.41, 5.74) is 1.61. The van der Waals surface area contributed by atoms with Crippen molar-refractivity contribution in [3.63, 3.8) is 0 Å². The molecule has 0 radical (unpaired) electrons. The predicted octanol–water partition coefficient (Wildman–Crippen LogP) is 3.97. The van der Waals surface area contributed by atoms with Crippen LogP contribution in [0, 0.1) is 10.1 Å². The normalized spacial score (nSPS) is 22.6. The van der Waals surface area contributed by atoms with Crippen molar-refractivity contribution >= 4 is 14.0 Å². The summed E-state index contributed by atoms with van der Waals surface area (Å²) < 4.78 is 12.1. The molecule has 0 spiro atoms. The first-order valence-electron chi connectivity index (χ1n) is 7.31. The van der Waals surface area contributed by atoms with E-state index in [0.29, 0.717) is 12.0 Å². The van der Waals surface area contributed by atoms with Crippen LogP contribution in [-0.2, 0) is 9.16 Å². The lowest BCUT2D eigenvalue weighted by Crippen LogP contribution is -2.30. The van der Waals surface area contributed by atoms with Crippen LogP contribution in [0.15, 0.2) is 29.8 Å². The third-order valence-electron chi connectivity index (χ3n) is 3.59. The Hall–Kier alpha value is -1.73. The monoisotopic (exact) mass is 322 g/mol. The van der Waals surface area contributed by atoms with Crippen LogP contribution in [0.3, 0.4) is 0 Å². The molecule has 7 heteroatoms. The first-order valence-corrected chi connectivity index (χ1v) is 10.7. The van der Waals surface area contributed by atoms with E-state index < -0.39 is 13.2 Å². The van der Waals surface area contributed by atoms with Crippen LogP contribution in [0.25, 0.3) is 0 Å². The minimum atomic E-state index is -1.74. The number of hydrogen-bond donors (Lipinski definition) is 0. The molecule has 2 heterocycles. The summed E-state index contributed by atoms with van der Waals surface area (Å²) in [7, 11) is -1.74. The average Bonchev–Trinajstić information content (AvgIpc) is 2.42. The van der Waals surface area contributed by atoms with Crippen molar-refractivity contribution in [2.45, 2.75) is 52.1 Å². The minimum Gasteiger partial charge on any atom is -0.547 e. The van der Waals surface area contributed by atoms with E-state index in [1.165, 1.54) is 6.20 Å². The zero-order valence-electron chi connectivity index (χ0n) is 13.6. The number of hydrogen-bond acceptors (Lipinski definition) is 5. The van der Waals surface area contributed by atoms with Gasteiger partial charge in [0, 0.05) is 12.6 Å². The summed E-state index contributed by atoms with van der Waals surface area (Å²) in [5.74, 6) is 0.911. The second kappa shape index (κ2) is 6.17. The van der Waals surface area contributed by atoms with Crippen LogP contribution < -0.4 is 0 Å². The molecule has 1 aliphatic rings. The molecule has 0 aromatic carbocycles. The molecule has 2 rings (SSSR count). The van der Waals surface area contributed by atoms with E-state index in [-0.39, 0.29) is 17.9 Å². The second-order valence-electron chi connectivity index (χ2n) is 6.48. The molecule has 6 nitrogen and oxygen atoms in total. The van der Waals surface area contributed by atoms with Crippen molar-refractivity contribution in [2.24, 2.45) is 0 Å². The number of ether oxygens (including phenoxy) is 1. The molecule has 0 amide bonds. The summed E-state index contributed by atoms with van der Waals surface area (Å²) >= 11 is 0. The van der Waals surface area contributed by atoms with Crippen LogP contribution in [-0.4, -0.2) is 24.3 Å². The van der Waals surface area contributed by atoms with Gasteiger partial charge in [0.25, 0.3) is 5.69 Å². The first kappa shape index (κ1) is 16.6. The Morgan fingerprint density at radius 1 is 1.45 bits per heavy atom. The molecule has 1 aromatic heterocycles. The number of aromatic nitrogens is 1. The third-order valence-corrected chi connectivity index (χ3v) is 4.45. The quantitative estimate of drug-likeness (QED) is 0.476. The maximum Gasteiger partial charge on any atom is 0.293 e. The van der Waals surface area contributed by atoms with Gasteiger partial charge in [-0.2, -0.15) is 0 Å². The van der Waals surface area contributed by atoms with Gasteiger partial charge in [-0.15, -0.1) is 0 Å². The fourth-order valence-electron chi connectivity index (χ4n) is 2.45. The lowest BCUT2D eigenvalue weighted by molar-refractivity contribution is -0.386. The van der Waals surface area contributed by atoms with Gasteiger partial charge in [-0.05, 0) is 45.1 Å². The van der Waals surface area contributed by atoms with Crippen LogP contribution in [0.5, 0.6) is 0 Å². The Morgan fingerprint density at radius 3 is 2.73 bits per heavy atom. The van der Waals surface area contributed by atoms with E-state index in [4.69, 9.17) is 9.16 Å². The van der Waals surface area contributed by atoms with E-state index in [0.717, 1.165) is 11.3 Å². The Balaban J connectivity index is 2.34. The molecule has 0 saturated carbocycles. The topological polar surface area (TPSA) is 74.5 Å². The van der Waals surface area contributed by atoms with Gasteiger partial charge >= 0.3 is 0 Å². The Labute approximate surface area is 131 Å². The summed E-state index contributed by atoms with van der Waals surface area (Å²) in [4.78, 5) is 14.6. The van der Waals surface area contributed by atoms with E-state index in [1.54, 1.807) is 12.3 Å². The third kappa shape index (κ3) is 3.72. The number of nitro groups is 1. The standard InChI is InChI=1S/C15H22N2O4Si/c1-10-11(2)20-15(8-14(10)21-22(3,4)5)12-6-7-16-9-13(12)17(18)19/h6-7,9,11,15H,8H2,1-5H3. The lowest BCUT2D eigenvalue weighted by atomic mass is 9.98. The molecule has 0 N–H and O–H groups in total. The van der Waals surface area contributed by atoms with Crippen molar-refractivity contribution in [3.8, 4) is 0 Å². The van der Waals surface area contributed by atoms with E-state index in [1.807, 2.05) is 13.8 Å². The van der Waals surface area contributed by atoms with Gasteiger partial charge in [0.2, 0.25) is 8.32 Å². The molecular weight excluding hydrogens is 300 g/mol. The minimum absolute atomic E-state index is 0.00777. The average molecular weight is 322 g/mol. The lowest BCUT2D eigenvalue weighted by Gasteiger charge is -2.34. The van der Waals surface area contributed by atoms with Crippen molar-refractivity contribution in [3.05, 3.63) is 45.5 Å². The first-order chi connectivity index (χ1) is 10.2.